The van der Waals surface area contributed by atoms with Gasteiger partial charge in [0.15, 0.2) is 6.10 Å². The summed E-state index contributed by atoms with van der Waals surface area (Å²) in [5.74, 6) is -1.35. The first-order chi connectivity index (χ1) is 15.8. The van der Waals surface area contributed by atoms with Crippen LogP contribution in [0.1, 0.15) is 80.6 Å². The van der Waals surface area contributed by atoms with Crippen LogP contribution in [0, 0.1) is 11.3 Å². The number of nitrogens with one attached hydrogen (secondary N) is 2. The van der Waals surface area contributed by atoms with Gasteiger partial charge in [0, 0.05) is 6.54 Å². The van der Waals surface area contributed by atoms with Crippen molar-refractivity contribution >= 4 is 25.6 Å². The molecule has 3 atom stereocenters. The van der Waals surface area contributed by atoms with Gasteiger partial charge in [-0.2, -0.15) is 0 Å². The van der Waals surface area contributed by atoms with Crippen LogP contribution in [0.5, 0.6) is 0 Å². The third-order valence-electron chi connectivity index (χ3n) is 5.21. The van der Waals surface area contributed by atoms with E-state index < -0.39 is 43.2 Å². The summed E-state index contributed by atoms with van der Waals surface area (Å²) in [6.07, 6.45) is 1.98. The largest absolute Gasteiger partial charge is 0.469 e. The van der Waals surface area contributed by atoms with Crippen molar-refractivity contribution < 1.29 is 37.5 Å². The van der Waals surface area contributed by atoms with Crippen LogP contribution in [-0.4, -0.2) is 56.9 Å². The maximum Gasteiger partial charge on any atom is 0.407 e. The summed E-state index contributed by atoms with van der Waals surface area (Å²) in [4.78, 5) is 36.7. The van der Waals surface area contributed by atoms with Gasteiger partial charge in [0.25, 0.3) is 0 Å². The average Bonchev–Trinajstić information content (AvgIpc) is 2.77. The van der Waals surface area contributed by atoms with Gasteiger partial charge in [-0.05, 0) is 24.7 Å². The van der Waals surface area contributed by atoms with Crippen molar-refractivity contribution in [3.05, 3.63) is 0 Å². The Bertz CT molecular complexity index is 676. The SMILES string of the molecule is CCCCO[P@@](=O)(N[C@@H](C)C(=O)OCC(CC)CC)O[C@@H](C(=O)NCCC(=O)OC)C(C)(C)C. The number of ether oxygens (including phenoxy) is 2. The standard InChI is InChI=1S/C23H45N2O8P/c1-9-12-15-32-34(29,25-17(4)22(28)31-16-18(10-2)11-3)33-20(23(5,6)7)21(27)24-14-13-19(26)30-8/h17-18,20H,9-16H2,1-8H3,(H,24,27)(H,25,29)/t17-,20-,34-/m0/s1. The third kappa shape index (κ3) is 12.8. The zero-order chi connectivity index (χ0) is 26.4. The van der Waals surface area contributed by atoms with Crippen molar-refractivity contribution in [2.24, 2.45) is 11.3 Å². The number of amides is 1. The number of carbonyl (C=O) groups excluding carboxylic acids is 3. The fraction of sp³-hybridized carbons (Fsp3) is 0.870. The number of methoxy groups -OCH3 is 1. The zero-order valence-electron chi connectivity index (χ0n) is 22.1. The van der Waals surface area contributed by atoms with Crippen LogP contribution in [0.3, 0.4) is 0 Å². The first-order valence-corrected chi connectivity index (χ1v) is 13.6. The highest BCUT2D eigenvalue weighted by atomic mass is 31.2. The Morgan fingerprint density at radius 1 is 1.06 bits per heavy atom. The summed E-state index contributed by atoms with van der Waals surface area (Å²) in [7, 11) is -2.83. The topological polar surface area (TPSA) is 129 Å². The van der Waals surface area contributed by atoms with E-state index in [9.17, 15) is 18.9 Å². The van der Waals surface area contributed by atoms with E-state index in [1.165, 1.54) is 14.0 Å². The van der Waals surface area contributed by atoms with Crippen molar-refractivity contribution in [2.75, 3.05) is 26.9 Å². The predicted octanol–water partition coefficient (Wildman–Crippen LogP) is 3.98. The molecule has 0 aliphatic heterocycles. The van der Waals surface area contributed by atoms with Gasteiger partial charge in [0.1, 0.15) is 6.04 Å². The molecule has 0 aliphatic rings. The van der Waals surface area contributed by atoms with Crippen molar-refractivity contribution in [3.63, 3.8) is 0 Å². The van der Waals surface area contributed by atoms with Crippen molar-refractivity contribution in [2.45, 2.75) is 92.7 Å². The summed E-state index contributed by atoms with van der Waals surface area (Å²) >= 11 is 0. The summed E-state index contributed by atoms with van der Waals surface area (Å²) in [6, 6.07) is -0.982. The summed E-state index contributed by atoms with van der Waals surface area (Å²) in [5, 5.41) is 5.24. The van der Waals surface area contributed by atoms with E-state index >= 15 is 0 Å². The van der Waals surface area contributed by atoms with Crippen molar-refractivity contribution in [1.29, 1.82) is 0 Å². The van der Waals surface area contributed by atoms with Gasteiger partial charge in [-0.3, -0.25) is 23.4 Å². The van der Waals surface area contributed by atoms with E-state index in [4.69, 9.17) is 13.8 Å². The minimum Gasteiger partial charge on any atom is -0.469 e. The molecule has 0 aliphatic carbocycles. The van der Waals surface area contributed by atoms with E-state index in [0.29, 0.717) is 6.42 Å². The molecule has 0 aromatic rings. The molecule has 0 heterocycles. The van der Waals surface area contributed by atoms with E-state index in [2.05, 4.69) is 15.1 Å². The molecular formula is C23H45N2O8P. The summed E-state index contributed by atoms with van der Waals surface area (Å²) < 4.78 is 34.9. The lowest BCUT2D eigenvalue weighted by Crippen LogP contribution is -2.46. The second-order valence-corrected chi connectivity index (χ2v) is 11.0. The number of esters is 2. The molecule has 34 heavy (non-hydrogen) atoms. The Labute approximate surface area is 204 Å². The minimum absolute atomic E-state index is 0.0125. The summed E-state index contributed by atoms with van der Waals surface area (Å²) in [5.41, 5.74) is -0.764. The van der Waals surface area contributed by atoms with Gasteiger partial charge in [-0.25, -0.2) is 9.65 Å². The zero-order valence-corrected chi connectivity index (χ0v) is 23.0. The number of hydrogen-bond donors (Lipinski definition) is 2. The fourth-order valence-electron chi connectivity index (χ4n) is 2.79. The molecule has 2 N–H and O–H groups in total. The van der Waals surface area contributed by atoms with Crippen molar-refractivity contribution in [1.82, 2.24) is 10.4 Å². The monoisotopic (exact) mass is 508 g/mol. The van der Waals surface area contributed by atoms with Crippen LogP contribution in [-0.2, 0) is 37.5 Å². The first kappa shape index (κ1) is 32.5. The molecule has 0 spiro atoms. The lowest BCUT2D eigenvalue weighted by Gasteiger charge is -2.33. The van der Waals surface area contributed by atoms with Crippen molar-refractivity contribution in [3.8, 4) is 0 Å². The van der Waals surface area contributed by atoms with Gasteiger partial charge in [-0.1, -0.05) is 60.8 Å². The molecule has 11 heteroatoms. The van der Waals surface area contributed by atoms with Crippen LogP contribution in [0.25, 0.3) is 0 Å². The maximum atomic E-state index is 13.6. The minimum atomic E-state index is -4.09. The first-order valence-electron chi connectivity index (χ1n) is 12.0. The van der Waals surface area contributed by atoms with Gasteiger partial charge < -0.3 is 14.8 Å². The molecule has 0 saturated carbocycles. The molecule has 0 aromatic carbocycles. The van der Waals surface area contributed by atoms with Gasteiger partial charge in [0.2, 0.25) is 5.91 Å². The van der Waals surface area contributed by atoms with Gasteiger partial charge in [-0.15, -0.1) is 0 Å². The third-order valence-corrected chi connectivity index (χ3v) is 6.92. The highest BCUT2D eigenvalue weighted by molar-refractivity contribution is 7.51. The van der Waals surface area contributed by atoms with E-state index in [1.54, 1.807) is 20.8 Å². The Morgan fingerprint density at radius 3 is 2.18 bits per heavy atom. The highest BCUT2D eigenvalue weighted by Gasteiger charge is 2.41. The van der Waals surface area contributed by atoms with Gasteiger partial charge in [0.05, 0.1) is 26.7 Å². The van der Waals surface area contributed by atoms with E-state index in [1.807, 2.05) is 20.8 Å². The van der Waals surface area contributed by atoms with Crippen LogP contribution >= 0.6 is 7.75 Å². The molecule has 10 nitrogen and oxygen atoms in total. The molecule has 0 rings (SSSR count). The molecule has 0 fully saturated rings. The number of carbonyl (C=O) groups is 3. The molecule has 0 radical (unpaired) electrons. The molecule has 0 bridgehead atoms. The number of unbranched alkanes of at least 4 members (excludes halogenated alkanes) is 1. The molecule has 0 saturated heterocycles. The quantitative estimate of drug-likeness (QED) is 0.170. The smallest absolute Gasteiger partial charge is 0.407 e. The lowest BCUT2D eigenvalue weighted by molar-refractivity contribution is -0.147. The van der Waals surface area contributed by atoms with E-state index in [0.717, 1.165) is 19.3 Å². The molecule has 0 unspecified atom stereocenters. The van der Waals surface area contributed by atoms with Crippen LogP contribution in [0.2, 0.25) is 0 Å². The van der Waals surface area contributed by atoms with Crippen LogP contribution in [0.15, 0.2) is 0 Å². The maximum absolute atomic E-state index is 13.6. The average molecular weight is 509 g/mol. The number of hydrogen-bond acceptors (Lipinski definition) is 8. The fourth-order valence-corrected chi connectivity index (χ4v) is 4.62. The Kier molecular flexibility index (Phi) is 15.5. The van der Waals surface area contributed by atoms with E-state index in [-0.39, 0.29) is 32.1 Å². The second-order valence-electron chi connectivity index (χ2n) is 9.32. The molecular weight excluding hydrogens is 463 g/mol. The lowest BCUT2D eigenvalue weighted by atomic mass is 9.88. The predicted molar refractivity (Wildman–Crippen MR) is 130 cm³/mol. The molecule has 0 aromatic heterocycles. The molecule has 1 amide bonds. The Balaban J connectivity index is 5.47. The Morgan fingerprint density at radius 2 is 1.68 bits per heavy atom. The normalized spacial score (nSPS) is 15.3. The Hall–Kier alpha value is -1.48. The second kappa shape index (κ2) is 16.2. The van der Waals surface area contributed by atoms with Gasteiger partial charge >= 0.3 is 19.7 Å². The number of rotatable bonds is 17. The van der Waals surface area contributed by atoms with Crippen LogP contribution in [0.4, 0.5) is 0 Å². The molecule has 200 valence electrons. The summed E-state index contributed by atoms with van der Waals surface area (Å²) in [6.45, 7) is 13.2. The van der Waals surface area contributed by atoms with Crippen LogP contribution < -0.4 is 10.4 Å². The highest BCUT2D eigenvalue weighted by Crippen LogP contribution is 2.48.